The first kappa shape index (κ1) is 15.2. The number of anilines is 1. The zero-order valence-corrected chi connectivity index (χ0v) is 12.3. The van der Waals surface area contributed by atoms with Gasteiger partial charge < -0.3 is 9.64 Å². The fourth-order valence-electron chi connectivity index (χ4n) is 2.08. The van der Waals surface area contributed by atoms with E-state index in [1.54, 1.807) is 23.6 Å². The zero-order valence-electron chi connectivity index (χ0n) is 11.5. The summed E-state index contributed by atoms with van der Waals surface area (Å²) in [6, 6.07) is 5.59. The molecule has 0 fully saturated rings. The highest BCUT2D eigenvalue weighted by Crippen LogP contribution is 2.36. The summed E-state index contributed by atoms with van der Waals surface area (Å²) in [7, 11) is 1.57. The van der Waals surface area contributed by atoms with Crippen molar-refractivity contribution in [2.24, 2.45) is 0 Å². The lowest BCUT2D eigenvalue weighted by Crippen LogP contribution is -2.28. The van der Waals surface area contributed by atoms with E-state index in [-0.39, 0.29) is 12.1 Å². The minimum atomic E-state index is -0.413. The molecule has 1 heterocycles. The quantitative estimate of drug-likeness (QED) is 0.576. The fraction of sp³-hybridized carbons (Fsp3) is 0.385. The molecule has 0 radical (unpaired) electrons. The second-order valence-corrected chi connectivity index (χ2v) is 5.16. The lowest BCUT2D eigenvalue weighted by atomic mass is 10.2. The Morgan fingerprint density at radius 3 is 3.00 bits per heavy atom. The molecule has 0 bridgehead atoms. The van der Waals surface area contributed by atoms with Gasteiger partial charge in [-0.3, -0.25) is 10.1 Å². The predicted octanol–water partition coefficient (Wildman–Crippen LogP) is 2.57. The lowest BCUT2D eigenvalue weighted by molar-refractivity contribution is -0.382. The molecule has 2 aromatic rings. The van der Waals surface area contributed by atoms with Gasteiger partial charge in [-0.05, 0) is 12.1 Å². The topological polar surface area (TPSA) is 92.3 Å². The van der Waals surface area contributed by atoms with Crippen LogP contribution in [0.25, 0.3) is 10.2 Å². The number of rotatable bonds is 7. The van der Waals surface area contributed by atoms with E-state index in [1.807, 2.05) is 6.07 Å². The van der Waals surface area contributed by atoms with Crippen LogP contribution in [-0.2, 0) is 4.74 Å². The summed E-state index contributed by atoms with van der Waals surface area (Å²) in [4.78, 5) is 16.9. The number of nitriles is 1. The zero-order chi connectivity index (χ0) is 15.2. The minimum Gasteiger partial charge on any atom is -0.383 e. The number of aromatic nitrogens is 1. The van der Waals surface area contributed by atoms with Crippen molar-refractivity contribution in [2.45, 2.75) is 6.42 Å². The summed E-state index contributed by atoms with van der Waals surface area (Å²) < 4.78 is 5.81. The maximum Gasteiger partial charge on any atom is 0.319 e. The van der Waals surface area contributed by atoms with Gasteiger partial charge >= 0.3 is 5.69 Å². The average Bonchev–Trinajstić information content (AvgIpc) is 2.94. The molecule has 0 saturated carbocycles. The summed E-state index contributed by atoms with van der Waals surface area (Å²) in [5, 5.41) is 20.2. The van der Waals surface area contributed by atoms with Crippen LogP contribution in [0.3, 0.4) is 0 Å². The van der Waals surface area contributed by atoms with Crippen molar-refractivity contribution >= 4 is 32.9 Å². The minimum absolute atomic E-state index is 0.0113. The molecule has 8 heteroatoms. The van der Waals surface area contributed by atoms with Gasteiger partial charge in [0.05, 0.1) is 34.2 Å². The maximum absolute atomic E-state index is 11.4. The smallest absolute Gasteiger partial charge is 0.319 e. The second-order valence-electron chi connectivity index (χ2n) is 4.28. The van der Waals surface area contributed by atoms with Crippen LogP contribution in [0.2, 0.25) is 0 Å². The van der Waals surface area contributed by atoms with Crippen molar-refractivity contribution in [3.8, 4) is 6.07 Å². The number of nitrogens with zero attached hydrogens (tertiary/aromatic N) is 4. The highest BCUT2D eigenvalue weighted by atomic mass is 32.1. The van der Waals surface area contributed by atoms with Crippen LogP contribution in [-0.4, -0.2) is 36.7 Å². The largest absolute Gasteiger partial charge is 0.383 e. The molecule has 0 atom stereocenters. The van der Waals surface area contributed by atoms with Crippen molar-refractivity contribution in [3.05, 3.63) is 27.8 Å². The Morgan fingerprint density at radius 2 is 2.33 bits per heavy atom. The number of nitro benzene ring substituents is 1. The summed E-state index contributed by atoms with van der Waals surface area (Å²) in [6.45, 7) is 1.32. The summed E-state index contributed by atoms with van der Waals surface area (Å²) in [6.07, 6.45) is 0.288. The van der Waals surface area contributed by atoms with Crippen LogP contribution in [0.1, 0.15) is 6.42 Å². The first-order valence-corrected chi connectivity index (χ1v) is 7.18. The molecule has 110 valence electrons. The Morgan fingerprint density at radius 1 is 1.52 bits per heavy atom. The van der Waals surface area contributed by atoms with Crippen molar-refractivity contribution in [1.82, 2.24) is 4.98 Å². The molecule has 0 aliphatic rings. The molecule has 0 amide bonds. The molecule has 0 spiro atoms. The molecule has 7 nitrogen and oxygen atoms in total. The fourth-order valence-corrected chi connectivity index (χ4v) is 2.76. The monoisotopic (exact) mass is 306 g/mol. The Hall–Kier alpha value is -2.24. The Kier molecular flexibility index (Phi) is 5.03. The van der Waals surface area contributed by atoms with E-state index in [2.05, 4.69) is 11.1 Å². The van der Waals surface area contributed by atoms with Gasteiger partial charge in [-0.2, -0.15) is 5.26 Å². The van der Waals surface area contributed by atoms with Gasteiger partial charge in [0.25, 0.3) is 0 Å². The number of thiazole rings is 1. The van der Waals surface area contributed by atoms with Gasteiger partial charge in [-0.25, -0.2) is 4.98 Å². The van der Waals surface area contributed by atoms with E-state index in [1.165, 1.54) is 11.3 Å². The lowest BCUT2D eigenvalue weighted by Gasteiger charge is -2.23. The highest BCUT2D eigenvalue weighted by Gasteiger charge is 2.24. The van der Waals surface area contributed by atoms with Crippen LogP contribution in [0, 0.1) is 21.4 Å². The molecular formula is C13H14N4O3S. The first-order chi connectivity index (χ1) is 10.2. The third-order valence-electron chi connectivity index (χ3n) is 3.04. The number of hydrogen-bond donors (Lipinski definition) is 0. The van der Waals surface area contributed by atoms with Gasteiger partial charge in [-0.1, -0.05) is 0 Å². The summed E-state index contributed by atoms with van der Waals surface area (Å²) in [5.41, 5.74) is 2.45. The van der Waals surface area contributed by atoms with E-state index in [9.17, 15) is 10.1 Å². The van der Waals surface area contributed by atoms with Crippen molar-refractivity contribution in [3.63, 3.8) is 0 Å². The van der Waals surface area contributed by atoms with E-state index < -0.39 is 4.92 Å². The molecule has 1 aromatic heterocycles. The molecule has 2 rings (SSSR count). The number of ether oxygens (including phenoxy) is 1. The Labute approximate surface area is 125 Å². The van der Waals surface area contributed by atoms with E-state index >= 15 is 0 Å². The van der Waals surface area contributed by atoms with E-state index in [0.29, 0.717) is 30.9 Å². The van der Waals surface area contributed by atoms with Gasteiger partial charge in [0.1, 0.15) is 5.69 Å². The van der Waals surface area contributed by atoms with Crippen molar-refractivity contribution in [2.75, 3.05) is 31.7 Å². The third-order valence-corrected chi connectivity index (χ3v) is 3.83. The maximum atomic E-state index is 11.4. The number of benzene rings is 1. The normalized spacial score (nSPS) is 10.5. The molecule has 0 aliphatic heterocycles. The molecule has 1 aromatic carbocycles. The average molecular weight is 306 g/mol. The summed E-state index contributed by atoms with van der Waals surface area (Å²) >= 11 is 1.36. The van der Waals surface area contributed by atoms with E-state index in [0.717, 1.165) is 4.70 Å². The van der Waals surface area contributed by atoms with Gasteiger partial charge in [0, 0.05) is 20.2 Å². The van der Waals surface area contributed by atoms with Gasteiger partial charge in [0.15, 0.2) is 5.52 Å². The van der Waals surface area contributed by atoms with Crippen LogP contribution >= 0.6 is 11.3 Å². The number of nitro groups is 1. The molecule has 0 saturated heterocycles. The third kappa shape index (κ3) is 3.26. The Bertz CT molecular complexity index is 680. The van der Waals surface area contributed by atoms with E-state index in [4.69, 9.17) is 10.00 Å². The van der Waals surface area contributed by atoms with Crippen molar-refractivity contribution in [1.29, 1.82) is 5.26 Å². The first-order valence-electron chi connectivity index (χ1n) is 6.30. The highest BCUT2D eigenvalue weighted by molar-refractivity contribution is 7.16. The molecular weight excluding hydrogens is 292 g/mol. The Balaban J connectivity index is 2.47. The number of fused-ring (bicyclic) bond motifs is 1. The van der Waals surface area contributed by atoms with Gasteiger partial charge in [0.2, 0.25) is 0 Å². The van der Waals surface area contributed by atoms with Crippen LogP contribution < -0.4 is 4.90 Å². The van der Waals surface area contributed by atoms with Gasteiger partial charge in [-0.15, -0.1) is 11.3 Å². The molecule has 0 unspecified atom stereocenters. The van der Waals surface area contributed by atoms with Crippen molar-refractivity contribution < 1.29 is 9.66 Å². The second kappa shape index (κ2) is 6.97. The SMILES string of the molecule is COCCN(CCC#N)c1ccc2scnc2c1[N+](=O)[O-]. The standard InChI is InChI=1S/C13H14N4O3S/c1-20-8-7-16(6-2-5-14)10-3-4-11-12(15-9-21-11)13(10)17(18)19/h3-4,9H,2,6-8H2,1H3. The van der Waals surface area contributed by atoms with Crippen LogP contribution in [0.5, 0.6) is 0 Å². The molecule has 21 heavy (non-hydrogen) atoms. The molecule has 0 aliphatic carbocycles. The summed E-state index contributed by atoms with van der Waals surface area (Å²) in [5.74, 6) is 0. The van der Waals surface area contributed by atoms with Crippen LogP contribution in [0.15, 0.2) is 17.6 Å². The number of hydrogen-bond acceptors (Lipinski definition) is 7. The number of methoxy groups -OCH3 is 1. The predicted molar refractivity (Wildman–Crippen MR) is 80.6 cm³/mol. The van der Waals surface area contributed by atoms with Crippen LogP contribution in [0.4, 0.5) is 11.4 Å². The molecule has 0 N–H and O–H groups in total.